The van der Waals surface area contributed by atoms with Gasteiger partial charge in [-0.1, -0.05) is 17.7 Å². The highest BCUT2D eigenvalue weighted by Crippen LogP contribution is 2.23. The van der Waals surface area contributed by atoms with E-state index in [1.54, 1.807) is 12.3 Å². The van der Waals surface area contributed by atoms with E-state index < -0.39 is 0 Å². The number of hydrogen-bond acceptors (Lipinski definition) is 5. The van der Waals surface area contributed by atoms with E-state index in [1.165, 1.54) is 11.8 Å². The number of terminal acetylenes is 1. The van der Waals surface area contributed by atoms with Crippen molar-refractivity contribution in [2.24, 2.45) is 0 Å². The highest BCUT2D eigenvalue weighted by Gasteiger charge is 2.15. The Labute approximate surface area is 120 Å². The van der Waals surface area contributed by atoms with Crippen molar-refractivity contribution in [1.82, 2.24) is 20.1 Å². The zero-order chi connectivity index (χ0) is 14.4. The lowest BCUT2D eigenvalue weighted by molar-refractivity contribution is -0.118. The van der Waals surface area contributed by atoms with Crippen molar-refractivity contribution in [1.29, 1.82) is 0 Å². The first kappa shape index (κ1) is 14.2. The fourth-order valence-corrected chi connectivity index (χ4v) is 2.43. The molecule has 6 nitrogen and oxygen atoms in total. The highest BCUT2D eigenvalue weighted by atomic mass is 32.2. The molecule has 0 saturated carbocycles. The fraction of sp³-hybridized carbons (Fsp3) is 0.308. The van der Waals surface area contributed by atoms with Crippen molar-refractivity contribution in [2.75, 3.05) is 12.3 Å². The largest absolute Gasteiger partial charge is 0.461 e. The number of nitrogens with zero attached hydrogens (tertiary/aromatic N) is 3. The molecule has 7 heteroatoms. The first-order chi connectivity index (χ1) is 9.76. The Morgan fingerprint density at radius 2 is 2.45 bits per heavy atom. The van der Waals surface area contributed by atoms with E-state index in [9.17, 15) is 4.79 Å². The van der Waals surface area contributed by atoms with Gasteiger partial charge < -0.3 is 9.73 Å². The van der Waals surface area contributed by atoms with Crippen LogP contribution in [-0.2, 0) is 11.3 Å². The molecule has 0 aromatic carbocycles. The third-order valence-electron chi connectivity index (χ3n) is 2.49. The van der Waals surface area contributed by atoms with E-state index in [0.717, 1.165) is 0 Å². The SMILES string of the molecule is C#CCNC(=O)CSc1nnc(-c2ccco2)n1CC. The quantitative estimate of drug-likeness (QED) is 0.643. The summed E-state index contributed by atoms with van der Waals surface area (Å²) in [5.74, 6) is 3.79. The first-order valence-electron chi connectivity index (χ1n) is 6.06. The average Bonchev–Trinajstić information content (AvgIpc) is 3.10. The van der Waals surface area contributed by atoms with Crippen LogP contribution >= 0.6 is 11.8 Å². The Morgan fingerprint density at radius 1 is 1.60 bits per heavy atom. The lowest BCUT2D eigenvalue weighted by atomic mass is 10.4. The molecular formula is C13H14N4O2S. The lowest BCUT2D eigenvalue weighted by Crippen LogP contribution is -2.25. The Hall–Kier alpha value is -2.20. The van der Waals surface area contributed by atoms with Crippen molar-refractivity contribution in [3.63, 3.8) is 0 Å². The molecule has 0 spiro atoms. The van der Waals surface area contributed by atoms with Crippen LogP contribution in [0.5, 0.6) is 0 Å². The van der Waals surface area contributed by atoms with Gasteiger partial charge in [-0.3, -0.25) is 9.36 Å². The topological polar surface area (TPSA) is 73.0 Å². The lowest BCUT2D eigenvalue weighted by Gasteiger charge is -2.05. The molecule has 1 amide bonds. The summed E-state index contributed by atoms with van der Waals surface area (Å²) >= 11 is 1.32. The smallest absolute Gasteiger partial charge is 0.231 e. The Balaban J connectivity index is 2.06. The number of hydrogen-bond donors (Lipinski definition) is 1. The van der Waals surface area contributed by atoms with Crippen molar-refractivity contribution < 1.29 is 9.21 Å². The monoisotopic (exact) mass is 290 g/mol. The summed E-state index contributed by atoms with van der Waals surface area (Å²) in [5.41, 5.74) is 0. The maximum absolute atomic E-state index is 11.5. The van der Waals surface area contributed by atoms with Crippen LogP contribution < -0.4 is 5.32 Å². The summed E-state index contributed by atoms with van der Waals surface area (Å²) in [6, 6.07) is 3.62. The van der Waals surface area contributed by atoms with Crippen LogP contribution in [0.15, 0.2) is 28.0 Å². The molecular weight excluding hydrogens is 276 g/mol. The molecule has 0 unspecified atom stereocenters. The van der Waals surface area contributed by atoms with Gasteiger partial charge in [0.2, 0.25) is 5.91 Å². The third kappa shape index (κ3) is 3.22. The van der Waals surface area contributed by atoms with Gasteiger partial charge in [0.15, 0.2) is 16.7 Å². The maximum Gasteiger partial charge on any atom is 0.231 e. The minimum absolute atomic E-state index is 0.127. The van der Waals surface area contributed by atoms with E-state index in [1.807, 2.05) is 17.6 Å². The predicted molar refractivity (Wildman–Crippen MR) is 76.0 cm³/mol. The number of furan rings is 1. The summed E-state index contributed by atoms with van der Waals surface area (Å²) < 4.78 is 7.22. The van der Waals surface area contributed by atoms with Crippen LogP contribution in [0.4, 0.5) is 0 Å². The predicted octanol–water partition coefficient (Wildman–Crippen LogP) is 1.40. The summed E-state index contributed by atoms with van der Waals surface area (Å²) in [7, 11) is 0. The fourth-order valence-electron chi connectivity index (χ4n) is 1.60. The van der Waals surface area contributed by atoms with Crippen molar-refractivity contribution in [2.45, 2.75) is 18.6 Å². The Kier molecular flexibility index (Phi) is 4.85. The second-order valence-corrected chi connectivity index (χ2v) is 4.74. The molecule has 2 rings (SSSR count). The Bertz CT molecular complexity index is 613. The average molecular weight is 290 g/mol. The van der Waals surface area contributed by atoms with Gasteiger partial charge in [0.1, 0.15) is 0 Å². The van der Waals surface area contributed by atoms with Gasteiger partial charge in [-0.05, 0) is 19.1 Å². The zero-order valence-corrected chi connectivity index (χ0v) is 11.8. The third-order valence-corrected chi connectivity index (χ3v) is 3.46. The van der Waals surface area contributed by atoms with Gasteiger partial charge in [0.25, 0.3) is 0 Å². The first-order valence-corrected chi connectivity index (χ1v) is 7.04. The highest BCUT2D eigenvalue weighted by molar-refractivity contribution is 7.99. The summed E-state index contributed by atoms with van der Waals surface area (Å²) in [5, 5.41) is 11.5. The van der Waals surface area contributed by atoms with Crippen LogP contribution in [-0.4, -0.2) is 33.0 Å². The minimum Gasteiger partial charge on any atom is -0.461 e. The minimum atomic E-state index is -0.127. The molecule has 0 fully saturated rings. The van der Waals surface area contributed by atoms with Gasteiger partial charge in [-0.15, -0.1) is 16.6 Å². The van der Waals surface area contributed by atoms with E-state index >= 15 is 0 Å². The summed E-state index contributed by atoms with van der Waals surface area (Å²) in [4.78, 5) is 11.5. The molecule has 20 heavy (non-hydrogen) atoms. The molecule has 0 radical (unpaired) electrons. The molecule has 2 aromatic heterocycles. The van der Waals surface area contributed by atoms with E-state index in [0.29, 0.717) is 23.3 Å². The van der Waals surface area contributed by atoms with Gasteiger partial charge >= 0.3 is 0 Å². The second-order valence-electron chi connectivity index (χ2n) is 3.80. The maximum atomic E-state index is 11.5. The van der Waals surface area contributed by atoms with Crippen LogP contribution in [0.1, 0.15) is 6.92 Å². The number of nitrogens with one attached hydrogen (secondary N) is 1. The van der Waals surface area contributed by atoms with E-state index in [4.69, 9.17) is 10.8 Å². The van der Waals surface area contributed by atoms with Gasteiger partial charge in [0.05, 0.1) is 18.6 Å². The molecule has 0 aliphatic rings. The van der Waals surface area contributed by atoms with Gasteiger partial charge in [0, 0.05) is 6.54 Å². The van der Waals surface area contributed by atoms with E-state index in [2.05, 4.69) is 21.4 Å². The Morgan fingerprint density at radius 3 is 3.10 bits per heavy atom. The molecule has 2 heterocycles. The molecule has 0 atom stereocenters. The van der Waals surface area contributed by atoms with Gasteiger partial charge in [-0.2, -0.15) is 0 Å². The number of amides is 1. The van der Waals surface area contributed by atoms with Crippen LogP contribution in [0.3, 0.4) is 0 Å². The summed E-state index contributed by atoms with van der Waals surface area (Å²) in [6.45, 7) is 2.91. The van der Waals surface area contributed by atoms with Crippen LogP contribution in [0.2, 0.25) is 0 Å². The second kappa shape index (κ2) is 6.82. The molecule has 0 saturated heterocycles. The molecule has 0 bridgehead atoms. The molecule has 0 aliphatic heterocycles. The number of carbonyl (C=O) groups is 1. The number of aromatic nitrogens is 3. The standard InChI is InChI=1S/C13H14N4O2S/c1-3-7-14-11(18)9-20-13-16-15-12(17(13)4-2)10-6-5-8-19-10/h1,5-6,8H,4,7,9H2,2H3,(H,14,18). The van der Waals surface area contributed by atoms with E-state index in [-0.39, 0.29) is 18.2 Å². The normalized spacial score (nSPS) is 10.2. The van der Waals surface area contributed by atoms with Crippen molar-refractivity contribution >= 4 is 17.7 Å². The van der Waals surface area contributed by atoms with Crippen LogP contribution in [0, 0.1) is 12.3 Å². The molecule has 104 valence electrons. The number of thioether (sulfide) groups is 1. The van der Waals surface area contributed by atoms with Crippen molar-refractivity contribution in [3.8, 4) is 23.9 Å². The number of carbonyl (C=O) groups excluding carboxylic acids is 1. The summed E-state index contributed by atoms with van der Waals surface area (Å²) in [6.07, 6.45) is 6.67. The molecule has 0 aliphatic carbocycles. The van der Waals surface area contributed by atoms with Gasteiger partial charge in [-0.25, -0.2) is 0 Å². The molecule has 2 aromatic rings. The molecule has 1 N–H and O–H groups in total. The zero-order valence-electron chi connectivity index (χ0n) is 11.0. The number of rotatable bonds is 6. The van der Waals surface area contributed by atoms with Crippen LogP contribution in [0.25, 0.3) is 11.6 Å². The van der Waals surface area contributed by atoms with Crippen molar-refractivity contribution in [3.05, 3.63) is 18.4 Å².